The first-order chi connectivity index (χ1) is 9.29. The third-order valence-corrected chi connectivity index (χ3v) is 3.81. The zero-order chi connectivity index (χ0) is 13.2. The Bertz CT molecular complexity index is 567. The Labute approximate surface area is 114 Å². The second-order valence-corrected chi connectivity index (χ2v) is 5.35. The minimum absolute atomic E-state index is 0.791. The summed E-state index contributed by atoms with van der Waals surface area (Å²) in [4.78, 5) is 4.78. The summed E-state index contributed by atoms with van der Waals surface area (Å²) in [5, 5.41) is 2.44. The van der Waals surface area contributed by atoms with Gasteiger partial charge in [-0.05, 0) is 43.9 Å². The summed E-state index contributed by atoms with van der Waals surface area (Å²) in [6.45, 7) is 4.47. The lowest BCUT2D eigenvalue weighted by atomic mass is 10.2. The first kappa shape index (κ1) is 12.3. The number of fused-ring (bicyclic) bond motifs is 1. The van der Waals surface area contributed by atoms with Crippen molar-refractivity contribution in [2.45, 2.75) is 39.0 Å². The summed E-state index contributed by atoms with van der Waals surface area (Å²) in [5.41, 5.74) is 8.88. The van der Waals surface area contributed by atoms with Crippen LogP contribution in [0.1, 0.15) is 38.4 Å². The molecule has 2 aromatic rings. The quantitative estimate of drug-likeness (QED) is 0.861. The molecule has 1 fully saturated rings. The van der Waals surface area contributed by atoms with Crippen molar-refractivity contribution in [2.24, 2.45) is 0 Å². The topological polar surface area (TPSA) is 47.1 Å². The minimum Gasteiger partial charge on any atom is -0.399 e. The van der Waals surface area contributed by atoms with Gasteiger partial charge in [-0.15, -0.1) is 0 Å². The van der Waals surface area contributed by atoms with E-state index >= 15 is 0 Å². The molecule has 2 N–H and O–H groups in total. The van der Waals surface area contributed by atoms with E-state index in [1.165, 1.54) is 30.6 Å². The number of aromatic nitrogens is 2. The summed E-state index contributed by atoms with van der Waals surface area (Å²) in [6, 6.07) is 6.06. The number of nitrogens with zero attached hydrogens (tertiary/aromatic N) is 3. The lowest BCUT2D eigenvalue weighted by Crippen LogP contribution is -2.40. The van der Waals surface area contributed by atoms with Crippen molar-refractivity contribution in [3.63, 3.8) is 0 Å². The zero-order valence-electron chi connectivity index (χ0n) is 11.6. The van der Waals surface area contributed by atoms with Crippen molar-refractivity contribution in [3.05, 3.63) is 24.0 Å². The van der Waals surface area contributed by atoms with Gasteiger partial charge in [-0.25, -0.2) is 9.66 Å². The average molecular weight is 258 g/mol. The highest BCUT2D eigenvalue weighted by Crippen LogP contribution is 2.22. The number of imidazole rings is 1. The summed E-state index contributed by atoms with van der Waals surface area (Å²) in [5.74, 6) is 1.17. The van der Waals surface area contributed by atoms with E-state index in [-0.39, 0.29) is 0 Å². The van der Waals surface area contributed by atoms with Crippen LogP contribution in [0.15, 0.2) is 18.2 Å². The monoisotopic (exact) mass is 258 g/mol. The predicted octanol–water partition coefficient (Wildman–Crippen LogP) is 2.69. The van der Waals surface area contributed by atoms with E-state index in [4.69, 9.17) is 10.7 Å². The molecular formula is C15H22N4. The Morgan fingerprint density at radius 1 is 1.21 bits per heavy atom. The lowest BCUT2D eigenvalue weighted by molar-refractivity contribution is 0.474. The summed E-state index contributed by atoms with van der Waals surface area (Å²) in [6.07, 6.45) is 6.04. The van der Waals surface area contributed by atoms with Crippen molar-refractivity contribution in [1.29, 1.82) is 0 Å². The third kappa shape index (κ3) is 2.27. The van der Waals surface area contributed by atoms with Gasteiger partial charge < -0.3 is 10.7 Å². The molecule has 4 nitrogen and oxygen atoms in total. The second-order valence-electron chi connectivity index (χ2n) is 5.35. The van der Waals surface area contributed by atoms with Crippen molar-refractivity contribution in [2.75, 3.05) is 23.8 Å². The van der Waals surface area contributed by atoms with Crippen molar-refractivity contribution < 1.29 is 0 Å². The summed E-state index contributed by atoms with van der Waals surface area (Å²) < 4.78 is 2.33. The van der Waals surface area contributed by atoms with E-state index in [9.17, 15) is 0 Å². The van der Waals surface area contributed by atoms with Gasteiger partial charge in [0.2, 0.25) is 0 Å². The molecule has 102 valence electrons. The number of hydrogen-bond donors (Lipinski definition) is 1. The van der Waals surface area contributed by atoms with Crippen LogP contribution in [0, 0.1) is 0 Å². The van der Waals surface area contributed by atoms with E-state index < -0.39 is 0 Å². The van der Waals surface area contributed by atoms with Crippen LogP contribution in [0.3, 0.4) is 0 Å². The molecule has 1 aliphatic rings. The molecule has 0 bridgehead atoms. The minimum atomic E-state index is 0.791. The number of benzene rings is 1. The molecule has 0 saturated carbocycles. The number of nitrogen functional groups attached to an aromatic ring is 1. The molecule has 3 rings (SSSR count). The molecule has 0 aliphatic carbocycles. The molecule has 1 saturated heterocycles. The maximum Gasteiger partial charge on any atom is 0.128 e. The molecule has 19 heavy (non-hydrogen) atoms. The van der Waals surface area contributed by atoms with Gasteiger partial charge in [0.15, 0.2) is 0 Å². The maximum atomic E-state index is 5.87. The predicted molar refractivity (Wildman–Crippen MR) is 79.9 cm³/mol. The molecule has 1 aromatic carbocycles. The van der Waals surface area contributed by atoms with Gasteiger partial charge in [-0.2, -0.15) is 0 Å². The molecule has 2 heterocycles. The number of nitrogens with two attached hydrogens (primary N) is 1. The smallest absolute Gasteiger partial charge is 0.128 e. The molecular weight excluding hydrogens is 236 g/mol. The zero-order valence-corrected chi connectivity index (χ0v) is 11.6. The van der Waals surface area contributed by atoms with Gasteiger partial charge in [-0.1, -0.05) is 6.92 Å². The van der Waals surface area contributed by atoms with E-state index in [0.717, 1.165) is 37.1 Å². The van der Waals surface area contributed by atoms with Crippen LogP contribution in [0.25, 0.3) is 11.0 Å². The van der Waals surface area contributed by atoms with Crippen LogP contribution in [-0.4, -0.2) is 22.7 Å². The maximum absolute atomic E-state index is 5.87. The fraction of sp³-hybridized carbons (Fsp3) is 0.533. The van der Waals surface area contributed by atoms with Crippen LogP contribution >= 0.6 is 0 Å². The van der Waals surface area contributed by atoms with Gasteiger partial charge in [0, 0.05) is 25.2 Å². The third-order valence-electron chi connectivity index (χ3n) is 3.81. The fourth-order valence-electron chi connectivity index (χ4n) is 2.91. The van der Waals surface area contributed by atoms with E-state index in [0.29, 0.717) is 0 Å². The molecule has 0 amide bonds. The van der Waals surface area contributed by atoms with Crippen LogP contribution in [0.4, 0.5) is 5.69 Å². The SMILES string of the molecule is CCCc1nc2cc(N)ccc2n1N1CCCCC1. The van der Waals surface area contributed by atoms with Crippen molar-refractivity contribution in [1.82, 2.24) is 9.66 Å². The Morgan fingerprint density at radius 3 is 2.74 bits per heavy atom. The van der Waals surface area contributed by atoms with E-state index in [2.05, 4.69) is 22.7 Å². The van der Waals surface area contributed by atoms with E-state index in [1.54, 1.807) is 0 Å². The highest BCUT2D eigenvalue weighted by Gasteiger charge is 2.17. The van der Waals surface area contributed by atoms with Crippen molar-refractivity contribution in [3.8, 4) is 0 Å². The number of aryl methyl sites for hydroxylation is 1. The first-order valence-electron chi connectivity index (χ1n) is 7.31. The average Bonchev–Trinajstić information content (AvgIpc) is 2.77. The van der Waals surface area contributed by atoms with Crippen LogP contribution in [-0.2, 0) is 6.42 Å². The number of hydrogen-bond acceptors (Lipinski definition) is 3. The Hall–Kier alpha value is -1.71. The number of piperidine rings is 1. The molecule has 0 unspecified atom stereocenters. The highest BCUT2D eigenvalue weighted by molar-refractivity contribution is 5.80. The molecule has 1 aliphatic heterocycles. The van der Waals surface area contributed by atoms with Crippen LogP contribution in [0.2, 0.25) is 0 Å². The number of anilines is 1. The van der Waals surface area contributed by atoms with E-state index in [1.807, 2.05) is 12.1 Å². The Kier molecular flexibility index (Phi) is 3.32. The van der Waals surface area contributed by atoms with Crippen LogP contribution < -0.4 is 10.7 Å². The summed E-state index contributed by atoms with van der Waals surface area (Å²) >= 11 is 0. The molecule has 4 heteroatoms. The molecule has 1 aromatic heterocycles. The molecule has 0 radical (unpaired) electrons. The largest absolute Gasteiger partial charge is 0.399 e. The van der Waals surface area contributed by atoms with Gasteiger partial charge in [0.05, 0.1) is 11.0 Å². The normalized spacial score (nSPS) is 16.2. The van der Waals surface area contributed by atoms with Crippen molar-refractivity contribution >= 4 is 16.7 Å². The molecule has 0 spiro atoms. The second kappa shape index (κ2) is 5.11. The van der Waals surface area contributed by atoms with Gasteiger partial charge in [0.25, 0.3) is 0 Å². The fourth-order valence-corrected chi connectivity index (χ4v) is 2.91. The van der Waals surface area contributed by atoms with Crippen LogP contribution in [0.5, 0.6) is 0 Å². The Morgan fingerprint density at radius 2 is 2.00 bits per heavy atom. The molecule has 0 atom stereocenters. The highest BCUT2D eigenvalue weighted by atomic mass is 15.6. The Balaban J connectivity index is 2.09. The first-order valence-corrected chi connectivity index (χ1v) is 7.31. The van der Waals surface area contributed by atoms with Gasteiger partial charge in [0.1, 0.15) is 5.82 Å². The van der Waals surface area contributed by atoms with Gasteiger partial charge in [-0.3, -0.25) is 0 Å². The standard InChI is InChI=1S/C15H22N4/c1-2-6-15-17-13-11-12(16)7-8-14(13)19(15)18-9-4-3-5-10-18/h7-8,11H,2-6,9-10,16H2,1H3. The number of rotatable bonds is 3. The van der Waals surface area contributed by atoms with Gasteiger partial charge >= 0.3 is 0 Å². The lowest BCUT2D eigenvalue weighted by Gasteiger charge is -2.31. The summed E-state index contributed by atoms with van der Waals surface area (Å²) in [7, 11) is 0.